The highest BCUT2D eigenvalue weighted by Gasteiger charge is 2.19. The van der Waals surface area contributed by atoms with E-state index in [2.05, 4.69) is 57.2 Å². The first kappa shape index (κ1) is 54.6. The van der Waals surface area contributed by atoms with E-state index in [1.54, 1.807) is 0 Å². The van der Waals surface area contributed by atoms with Gasteiger partial charge >= 0.3 is 17.9 Å². The summed E-state index contributed by atoms with van der Waals surface area (Å²) in [5.41, 5.74) is 0. The van der Waals surface area contributed by atoms with Gasteiger partial charge in [0.25, 0.3) is 0 Å². The summed E-state index contributed by atoms with van der Waals surface area (Å²) in [5.74, 6) is -0.889. The number of hydrogen-bond acceptors (Lipinski definition) is 6. The lowest BCUT2D eigenvalue weighted by Crippen LogP contribution is -2.30. The van der Waals surface area contributed by atoms with Crippen molar-refractivity contribution in [2.75, 3.05) is 13.2 Å². The quantitative estimate of drug-likeness (QED) is 0.0264. The molecular weight excluding hydrogens is 709 g/mol. The van der Waals surface area contributed by atoms with Crippen LogP contribution in [0.3, 0.4) is 0 Å². The molecule has 0 saturated carbocycles. The molecule has 1 unspecified atom stereocenters. The summed E-state index contributed by atoms with van der Waals surface area (Å²) in [6, 6.07) is 0. The Morgan fingerprint density at radius 1 is 0.351 bits per heavy atom. The lowest BCUT2D eigenvalue weighted by atomic mass is 10.1. The fraction of sp³-hybridized carbons (Fsp3) is 0.824. The summed E-state index contributed by atoms with van der Waals surface area (Å²) in [5, 5.41) is 0. The lowest BCUT2D eigenvalue weighted by molar-refractivity contribution is -0.167. The molecule has 0 aromatic carbocycles. The number of carbonyl (C=O) groups excluding carboxylic acids is 3. The summed E-state index contributed by atoms with van der Waals surface area (Å²) >= 11 is 0. The fourth-order valence-corrected chi connectivity index (χ4v) is 6.88. The Kier molecular flexibility index (Phi) is 44.4. The molecule has 6 nitrogen and oxygen atoms in total. The fourth-order valence-electron chi connectivity index (χ4n) is 6.88. The minimum Gasteiger partial charge on any atom is -0.462 e. The van der Waals surface area contributed by atoms with E-state index < -0.39 is 6.10 Å². The molecule has 0 N–H and O–H groups in total. The minimum atomic E-state index is -0.774. The Balaban J connectivity index is 4.34. The SMILES string of the molecule is CCCCC/C=C\C/C=C\CCCCCCCCCC(=O)OCC(COC(=O)CCCCCCCCCCCC)OC(=O)CCCCCCC/C=C\CCCCC. The van der Waals surface area contributed by atoms with Crippen LogP contribution in [0.2, 0.25) is 0 Å². The molecule has 332 valence electrons. The van der Waals surface area contributed by atoms with E-state index in [1.165, 1.54) is 128 Å². The maximum absolute atomic E-state index is 12.7. The van der Waals surface area contributed by atoms with Crippen molar-refractivity contribution in [3.63, 3.8) is 0 Å². The molecular formula is C51H92O6. The van der Waals surface area contributed by atoms with Gasteiger partial charge in [0.1, 0.15) is 13.2 Å². The summed E-state index contributed by atoms with van der Waals surface area (Å²) in [4.78, 5) is 37.8. The summed E-state index contributed by atoms with van der Waals surface area (Å²) in [6.07, 6.45) is 52.6. The van der Waals surface area contributed by atoms with Crippen LogP contribution in [-0.2, 0) is 28.6 Å². The van der Waals surface area contributed by atoms with E-state index in [-0.39, 0.29) is 31.1 Å². The molecule has 0 aromatic rings. The zero-order chi connectivity index (χ0) is 41.5. The number of esters is 3. The van der Waals surface area contributed by atoms with Gasteiger partial charge in [0.05, 0.1) is 0 Å². The Morgan fingerprint density at radius 2 is 0.632 bits per heavy atom. The Bertz CT molecular complexity index is 969. The van der Waals surface area contributed by atoms with E-state index in [0.717, 1.165) is 83.5 Å². The van der Waals surface area contributed by atoms with Crippen LogP contribution in [0.1, 0.15) is 252 Å². The van der Waals surface area contributed by atoms with Crippen LogP contribution < -0.4 is 0 Å². The second-order valence-corrected chi connectivity index (χ2v) is 16.4. The Morgan fingerprint density at radius 3 is 1.02 bits per heavy atom. The van der Waals surface area contributed by atoms with Crippen LogP contribution in [0.25, 0.3) is 0 Å². The number of unbranched alkanes of at least 4 members (excludes halogenated alkanes) is 27. The second-order valence-electron chi connectivity index (χ2n) is 16.4. The van der Waals surface area contributed by atoms with Crippen LogP contribution in [-0.4, -0.2) is 37.2 Å². The van der Waals surface area contributed by atoms with Crippen molar-refractivity contribution in [3.8, 4) is 0 Å². The van der Waals surface area contributed by atoms with E-state index in [1.807, 2.05) is 0 Å². The number of hydrogen-bond donors (Lipinski definition) is 0. The molecule has 0 aliphatic rings. The van der Waals surface area contributed by atoms with Gasteiger partial charge in [0.2, 0.25) is 0 Å². The Labute approximate surface area is 353 Å². The number of rotatable bonds is 44. The third-order valence-corrected chi connectivity index (χ3v) is 10.6. The topological polar surface area (TPSA) is 78.9 Å². The zero-order valence-corrected chi connectivity index (χ0v) is 37.9. The van der Waals surface area contributed by atoms with Crippen LogP contribution >= 0.6 is 0 Å². The predicted octanol–water partition coefficient (Wildman–Crippen LogP) is 15.8. The van der Waals surface area contributed by atoms with Gasteiger partial charge in [-0.05, 0) is 77.0 Å². The highest BCUT2D eigenvalue weighted by Crippen LogP contribution is 2.14. The van der Waals surface area contributed by atoms with Gasteiger partial charge in [-0.25, -0.2) is 0 Å². The monoisotopic (exact) mass is 801 g/mol. The molecule has 0 fully saturated rings. The van der Waals surface area contributed by atoms with Gasteiger partial charge in [-0.3, -0.25) is 14.4 Å². The summed E-state index contributed by atoms with van der Waals surface area (Å²) in [7, 11) is 0. The van der Waals surface area contributed by atoms with Gasteiger partial charge in [-0.1, -0.05) is 192 Å². The second kappa shape index (κ2) is 46.3. The number of allylic oxidation sites excluding steroid dienone is 6. The third kappa shape index (κ3) is 44.6. The van der Waals surface area contributed by atoms with Crippen LogP contribution in [0.15, 0.2) is 36.5 Å². The first-order chi connectivity index (χ1) is 28.0. The van der Waals surface area contributed by atoms with Crippen LogP contribution in [0.5, 0.6) is 0 Å². The highest BCUT2D eigenvalue weighted by atomic mass is 16.6. The molecule has 0 saturated heterocycles. The van der Waals surface area contributed by atoms with Gasteiger partial charge in [-0.15, -0.1) is 0 Å². The average molecular weight is 801 g/mol. The summed E-state index contributed by atoms with van der Waals surface area (Å²) in [6.45, 7) is 6.57. The van der Waals surface area contributed by atoms with Crippen LogP contribution in [0, 0.1) is 0 Å². The first-order valence-corrected chi connectivity index (χ1v) is 24.5. The lowest BCUT2D eigenvalue weighted by Gasteiger charge is -2.18. The summed E-state index contributed by atoms with van der Waals surface area (Å²) < 4.78 is 16.7. The molecule has 0 aliphatic carbocycles. The van der Waals surface area contributed by atoms with Gasteiger partial charge in [-0.2, -0.15) is 0 Å². The van der Waals surface area contributed by atoms with Crippen molar-refractivity contribution >= 4 is 17.9 Å². The molecule has 0 heterocycles. The van der Waals surface area contributed by atoms with E-state index in [9.17, 15) is 14.4 Å². The number of carbonyl (C=O) groups is 3. The van der Waals surface area contributed by atoms with Crippen molar-refractivity contribution in [2.24, 2.45) is 0 Å². The molecule has 1 atom stereocenters. The van der Waals surface area contributed by atoms with Gasteiger partial charge in [0.15, 0.2) is 6.10 Å². The van der Waals surface area contributed by atoms with Gasteiger partial charge < -0.3 is 14.2 Å². The van der Waals surface area contributed by atoms with Gasteiger partial charge in [0, 0.05) is 19.3 Å². The molecule has 6 heteroatoms. The molecule has 0 radical (unpaired) electrons. The highest BCUT2D eigenvalue weighted by molar-refractivity contribution is 5.71. The molecule has 57 heavy (non-hydrogen) atoms. The smallest absolute Gasteiger partial charge is 0.306 e. The predicted molar refractivity (Wildman–Crippen MR) is 242 cm³/mol. The van der Waals surface area contributed by atoms with Crippen molar-refractivity contribution in [3.05, 3.63) is 36.5 Å². The molecule has 0 aromatic heterocycles. The Hall–Kier alpha value is -2.37. The largest absolute Gasteiger partial charge is 0.462 e. The average Bonchev–Trinajstić information content (AvgIpc) is 3.21. The van der Waals surface area contributed by atoms with Crippen LogP contribution in [0.4, 0.5) is 0 Å². The zero-order valence-electron chi connectivity index (χ0n) is 37.9. The maximum Gasteiger partial charge on any atom is 0.306 e. The minimum absolute atomic E-state index is 0.0759. The van der Waals surface area contributed by atoms with E-state index >= 15 is 0 Å². The molecule has 0 spiro atoms. The van der Waals surface area contributed by atoms with Crippen molar-refractivity contribution in [2.45, 2.75) is 258 Å². The first-order valence-electron chi connectivity index (χ1n) is 24.5. The third-order valence-electron chi connectivity index (χ3n) is 10.6. The molecule has 0 amide bonds. The molecule has 0 aliphatic heterocycles. The molecule has 0 bridgehead atoms. The maximum atomic E-state index is 12.7. The molecule has 0 rings (SSSR count). The van der Waals surface area contributed by atoms with Crippen molar-refractivity contribution in [1.29, 1.82) is 0 Å². The van der Waals surface area contributed by atoms with Crippen molar-refractivity contribution in [1.82, 2.24) is 0 Å². The van der Waals surface area contributed by atoms with Crippen molar-refractivity contribution < 1.29 is 28.6 Å². The van der Waals surface area contributed by atoms with E-state index in [0.29, 0.717) is 19.3 Å². The number of ether oxygens (including phenoxy) is 3. The van der Waals surface area contributed by atoms with E-state index in [4.69, 9.17) is 14.2 Å². The standard InChI is InChI=1S/C51H92O6/c1-4-7-10-13-16-19-22-24-25-26-27-28-30-32-35-38-41-44-50(53)56-47-48(46-55-49(52)43-40-37-34-31-21-18-15-12-9-6-3)57-51(54)45-42-39-36-33-29-23-20-17-14-11-8-5-2/h16-17,19-20,24-25,48H,4-15,18,21-23,26-47H2,1-3H3/b19-16-,20-17-,25-24-. The normalized spacial score (nSPS) is 12.3.